The van der Waals surface area contributed by atoms with Crippen LogP contribution in [0.1, 0.15) is 0 Å². The van der Waals surface area contributed by atoms with Gasteiger partial charge in [0.05, 0.1) is 83.3 Å². The summed E-state index contributed by atoms with van der Waals surface area (Å²) in [5.41, 5.74) is 30.7. The van der Waals surface area contributed by atoms with Crippen LogP contribution in [0.4, 0.5) is 0 Å². The SMILES string of the molecule is c1ccc(-n2c3ccccc3c3c4c5ccccc5n(-c5cc6c7c(c5)Oc5ccccc5B7c5ccccc5O6)c4ccc32)cc1.c1ccc(-n2c3ccccc3c3cc4c(cc32)c2ccccc2n4-c2cc3c4c(c2)Oc2ccccc2B4c2ccccc2O3)cc1.c1ccc(-n2c3ccccc3c3cc4c5ccccc5n(-c5cc6c7c(c5)Oc5ccccc5B7c5ccccc5O6)c4cc32)cc1. The number of rotatable bonds is 6. The van der Waals surface area contributed by atoms with Crippen molar-refractivity contribution in [3.8, 4) is 103 Å². The molecule has 0 spiro atoms. The fraction of sp³-hybridized carbons (Fsp3) is 0. The third kappa shape index (κ3) is 11.4. The van der Waals surface area contributed by atoms with Crippen LogP contribution in [0.15, 0.2) is 455 Å². The van der Waals surface area contributed by atoms with Crippen molar-refractivity contribution >= 4 is 200 Å². The second-order valence-electron chi connectivity index (χ2n) is 37.5. The molecule has 6 aliphatic heterocycles. The van der Waals surface area contributed by atoms with Gasteiger partial charge in [-0.2, -0.15) is 0 Å². The molecular weight excluding hydrogens is 1730 g/mol. The van der Waals surface area contributed by atoms with Crippen molar-refractivity contribution in [2.75, 3.05) is 0 Å². The monoisotopic (exact) mass is 1800 g/mol. The zero-order chi connectivity index (χ0) is 91.9. The van der Waals surface area contributed by atoms with Crippen LogP contribution >= 0.6 is 0 Å². The molecule has 0 fully saturated rings. The van der Waals surface area contributed by atoms with Gasteiger partial charge in [0.1, 0.15) is 69.0 Å². The lowest BCUT2D eigenvalue weighted by Gasteiger charge is -2.33. The molecule has 6 aromatic heterocycles. The smallest absolute Gasteiger partial charge is 0.260 e. The van der Waals surface area contributed by atoms with Crippen LogP contribution in [0, 0.1) is 0 Å². The molecule has 0 N–H and O–H groups in total. The first-order valence-corrected chi connectivity index (χ1v) is 48.2. The minimum atomic E-state index is 0.0447. The van der Waals surface area contributed by atoms with Crippen molar-refractivity contribution in [2.45, 2.75) is 0 Å². The molecule has 33 rings (SSSR count). The Hall–Kier alpha value is -18.6. The van der Waals surface area contributed by atoms with Crippen molar-refractivity contribution in [3.63, 3.8) is 0 Å². The highest BCUT2D eigenvalue weighted by molar-refractivity contribution is 6.99. The highest BCUT2D eigenvalue weighted by Gasteiger charge is 2.45. The predicted octanol–water partition coefficient (Wildman–Crippen LogP) is 25.8. The number of aromatic nitrogens is 6. The van der Waals surface area contributed by atoms with Crippen molar-refractivity contribution in [3.05, 3.63) is 455 Å². The summed E-state index contributed by atoms with van der Waals surface area (Å²) < 4.78 is 54.4. The molecule has 141 heavy (non-hydrogen) atoms. The molecule has 15 heteroatoms. The van der Waals surface area contributed by atoms with E-state index in [1.54, 1.807) is 0 Å². The second-order valence-corrected chi connectivity index (χ2v) is 37.5. The van der Waals surface area contributed by atoms with E-state index in [9.17, 15) is 0 Å². The first kappa shape index (κ1) is 77.7. The number of para-hydroxylation sites is 15. The molecule has 0 saturated carbocycles. The van der Waals surface area contributed by atoms with Gasteiger partial charge in [0, 0.05) is 134 Å². The molecular formula is C126H75B3N6O6. The maximum atomic E-state index is 6.69. The number of fused-ring (bicyclic) bond motifs is 31. The number of hydrogen-bond donors (Lipinski definition) is 0. The van der Waals surface area contributed by atoms with Gasteiger partial charge in [-0.05, 0) is 178 Å². The number of nitrogens with zero attached hydrogens (tertiary/aromatic N) is 6. The summed E-state index contributed by atoms with van der Waals surface area (Å²) in [5, 5.41) is 14.7. The molecule has 12 nitrogen and oxygen atoms in total. The molecule has 27 aromatic rings. The molecule has 0 unspecified atom stereocenters. The first-order valence-electron chi connectivity index (χ1n) is 48.2. The van der Waals surface area contributed by atoms with Crippen molar-refractivity contribution in [1.82, 2.24) is 27.4 Å². The first-order chi connectivity index (χ1) is 70.0. The summed E-state index contributed by atoms with van der Waals surface area (Å²) in [7, 11) is 0. The number of ether oxygens (including phenoxy) is 6. The average Bonchev–Trinajstić information content (AvgIpc) is 1.58. The van der Waals surface area contributed by atoms with Gasteiger partial charge in [0.2, 0.25) is 0 Å². The Balaban J connectivity index is 0.0000000972. The normalized spacial score (nSPS) is 13.0. The van der Waals surface area contributed by atoms with E-state index in [1.807, 2.05) is 36.4 Å². The van der Waals surface area contributed by atoms with Gasteiger partial charge in [0.25, 0.3) is 20.1 Å². The quantitative estimate of drug-likeness (QED) is 0.154. The van der Waals surface area contributed by atoms with Crippen LogP contribution < -0.4 is 77.6 Å². The molecule has 0 aliphatic carbocycles. The van der Waals surface area contributed by atoms with Crippen molar-refractivity contribution in [1.29, 1.82) is 0 Å². The minimum Gasteiger partial charge on any atom is -0.458 e. The summed E-state index contributed by atoms with van der Waals surface area (Å²) in [6.45, 7) is 0.139. The molecule has 0 bridgehead atoms. The Labute approximate surface area is 808 Å². The topological polar surface area (TPSA) is 85.0 Å². The van der Waals surface area contributed by atoms with E-state index < -0.39 is 0 Å². The lowest BCUT2D eigenvalue weighted by Crippen LogP contribution is -2.57. The van der Waals surface area contributed by atoms with Crippen LogP contribution in [-0.2, 0) is 0 Å². The van der Waals surface area contributed by atoms with Gasteiger partial charge < -0.3 is 55.8 Å². The minimum absolute atomic E-state index is 0.0447. The van der Waals surface area contributed by atoms with E-state index in [-0.39, 0.29) is 20.1 Å². The van der Waals surface area contributed by atoms with E-state index in [2.05, 4.69) is 446 Å². The van der Waals surface area contributed by atoms with E-state index in [1.165, 1.54) is 120 Å². The third-order valence-electron chi connectivity index (χ3n) is 30.1. The Morgan fingerprint density at radius 2 is 0.326 bits per heavy atom. The predicted molar refractivity (Wildman–Crippen MR) is 578 cm³/mol. The molecule has 654 valence electrons. The van der Waals surface area contributed by atoms with E-state index >= 15 is 0 Å². The van der Waals surface area contributed by atoms with E-state index in [4.69, 9.17) is 28.4 Å². The molecule has 0 saturated heterocycles. The lowest BCUT2D eigenvalue weighted by molar-refractivity contribution is 0.463. The Bertz CT molecular complexity index is 9670. The Kier molecular flexibility index (Phi) is 16.5. The summed E-state index contributed by atoms with van der Waals surface area (Å²) in [4.78, 5) is 0. The highest BCUT2D eigenvalue weighted by Crippen LogP contribution is 2.50. The van der Waals surface area contributed by atoms with Crippen LogP contribution in [-0.4, -0.2) is 47.5 Å². The zero-order valence-electron chi connectivity index (χ0n) is 75.7. The summed E-state index contributed by atoms with van der Waals surface area (Å²) >= 11 is 0. The Morgan fingerprint density at radius 1 is 0.128 bits per heavy atom. The average molecular weight is 1800 g/mol. The van der Waals surface area contributed by atoms with Crippen molar-refractivity contribution in [2.24, 2.45) is 0 Å². The zero-order valence-corrected chi connectivity index (χ0v) is 75.7. The van der Waals surface area contributed by atoms with Crippen LogP contribution in [0.2, 0.25) is 0 Å². The molecule has 0 amide bonds. The molecule has 0 atom stereocenters. The highest BCUT2D eigenvalue weighted by atomic mass is 16.5. The number of benzene rings is 21. The molecule has 12 heterocycles. The largest absolute Gasteiger partial charge is 0.458 e. The molecule has 21 aromatic carbocycles. The van der Waals surface area contributed by atoms with E-state index in [0.717, 1.165) is 164 Å². The Morgan fingerprint density at radius 3 is 0.603 bits per heavy atom. The van der Waals surface area contributed by atoms with Gasteiger partial charge in [-0.3, -0.25) is 0 Å². The van der Waals surface area contributed by atoms with Gasteiger partial charge in [-0.25, -0.2) is 0 Å². The third-order valence-corrected chi connectivity index (χ3v) is 30.1. The summed E-state index contributed by atoms with van der Waals surface area (Å²) in [6, 6.07) is 162. The van der Waals surface area contributed by atoms with Crippen LogP contribution in [0.3, 0.4) is 0 Å². The standard InChI is InChI=1S/3C42H25BN2O2/c1-2-12-26(13-3-1)44-34-18-8-4-14-28(34)30-25-37-31(24-36(30)44)29-15-5-9-19-35(29)45(37)27-22-40-42-41(23-27)47-39-21-11-7-17-33(39)43(42)32-16-6-10-20-38(32)46-40;1-2-12-26(13-3-1)44-34-18-8-4-14-28(34)30-24-31-29-15-5-9-19-35(29)45(37(31)25-36(30)44)27-22-40-42-41(23-27)47-39-21-11-7-17-33(39)43(42)32-16-6-10-20-38(32)46-40;1-2-12-26(13-3-1)44-32-18-8-4-14-28(32)40-34(44)22-23-35-41(40)29-15-5-9-19-33(29)45(35)27-24-38-42-39(25-27)47-37-21-11-7-17-31(37)43(42)30-16-6-10-20-36(30)46-38/h3*1-25H. The van der Waals surface area contributed by atoms with E-state index in [0.29, 0.717) is 0 Å². The summed E-state index contributed by atoms with van der Waals surface area (Å²) in [6.07, 6.45) is 0. The molecule has 0 radical (unpaired) electrons. The number of hydrogen-bond acceptors (Lipinski definition) is 6. The maximum Gasteiger partial charge on any atom is 0.260 e. The maximum absolute atomic E-state index is 6.69. The lowest BCUT2D eigenvalue weighted by atomic mass is 9.35. The summed E-state index contributed by atoms with van der Waals surface area (Å²) in [5.74, 6) is 10.4. The molecule has 6 aliphatic rings. The van der Waals surface area contributed by atoms with Gasteiger partial charge in [-0.1, -0.05) is 273 Å². The van der Waals surface area contributed by atoms with Gasteiger partial charge in [0.15, 0.2) is 0 Å². The fourth-order valence-corrected chi connectivity index (χ4v) is 24.3. The second kappa shape index (κ2) is 30.0. The fourth-order valence-electron chi connectivity index (χ4n) is 24.3. The van der Waals surface area contributed by atoms with Gasteiger partial charge >= 0.3 is 0 Å². The van der Waals surface area contributed by atoms with Crippen LogP contribution in [0.25, 0.3) is 165 Å². The van der Waals surface area contributed by atoms with Crippen molar-refractivity contribution < 1.29 is 28.4 Å². The van der Waals surface area contributed by atoms with Gasteiger partial charge in [-0.15, -0.1) is 0 Å². The van der Waals surface area contributed by atoms with Crippen LogP contribution in [0.5, 0.6) is 69.0 Å².